The van der Waals surface area contributed by atoms with Crippen LogP contribution in [0.5, 0.6) is 0 Å². The van der Waals surface area contributed by atoms with Crippen molar-refractivity contribution in [2.45, 2.75) is 6.92 Å². The Hall–Kier alpha value is -2.13. The molecule has 0 aliphatic rings. The number of aromatic nitrogens is 1. The quantitative estimate of drug-likeness (QED) is 0.602. The van der Waals surface area contributed by atoms with Gasteiger partial charge in [0.15, 0.2) is 0 Å². The lowest BCUT2D eigenvalue weighted by molar-refractivity contribution is 1.20. The van der Waals surface area contributed by atoms with E-state index in [9.17, 15) is 0 Å². The minimum atomic E-state index is 0.425. The fourth-order valence-corrected chi connectivity index (χ4v) is 0.938. The van der Waals surface area contributed by atoms with E-state index < -0.39 is 0 Å². The molecule has 0 saturated heterocycles. The Balaban J connectivity index is 3.06. The van der Waals surface area contributed by atoms with Gasteiger partial charge in [0.05, 0.1) is 6.07 Å². The first kappa shape index (κ1) is 8.96. The van der Waals surface area contributed by atoms with E-state index in [1.807, 2.05) is 25.1 Å². The maximum atomic E-state index is 8.60. The molecule has 0 aromatic carbocycles. The first-order valence-corrected chi connectivity index (χ1v) is 3.71. The van der Waals surface area contributed by atoms with Crippen LogP contribution in [0.1, 0.15) is 16.8 Å². The lowest BCUT2D eigenvalue weighted by Gasteiger charge is -1.96. The third kappa shape index (κ3) is 2.15. The predicted octanol–water partition coefficient (Wildman–Crippen LogP) is 1.80. The average molecular weight is 169 g/mol. The van der Waals surface area contributed by atoms with Crippen LogP contribution in [0.3, 0.4) is 0 Å². The molecule has 0 spiro atoms. The van der Waals surface area contributed by atoms with E-state index in [2.05, 4.69) is 4.98 Å². The minimum absolute atomic E-state index is 0.425. The van der Waals surface area contributed by atoms with Gasteiger partial charge in [-0.1, -0.05) is 0 Å². The molecule has 0 radical (unpaired) electrons. The summed E-state index contributed by atoms with van der Waals surface area (Å²) in [6, 6.07) is 5.69. The molecule has 0 aliphatic carbocycles. The Morgan fingerprint density at radius 2 is 2.23 bits per heavy atom. The molecule has 0 aliphatic heterocycles. The zero-order valence-electron chi connectivity index (χ0n) is 7.15. The molecular weight excluding hydrogens is 162 g/mol. The molecule has 0 atom stereocenters. The van der Waals surface area contributed by atoms with Crippen LogP contribution >= 0.6 is 0 Å². The molecule has 13 heavy (non-hydrogen) atoms. The molecule has 62 valence electrons. The molecule has 1 aromatic heterocycles. The Bertz CT molecular complexity index is 419. The van der Waals surface area contributed by atoms with Crippen molar-refractivity contribution >= 4 is 6.08 Å². The Morgan fingerprint density at radius 1 is 1.46 bits per heavy atom. The molecular formula is C10H7N3. The molecule has 1 aromatic rings. The highest BCUT2D eigenvalue weighted by atomic mass is 14.7. The summed E-state index contributed by atoms with van der Waals surface area (Å²) in [5.41, 5.74) is 2.08. The van der Waals surface area contributed by atoms with Crippen molar-refractivity contribution in [3.8, 4) is 12.1 Å². The second-order valence-corrected chi connectivity index (χ2v) is 2.51. The highest BCUT2D eigenvalue weighted by molar-refractivity contribution is 5.52. The lowest BCUT2D eigenvalue weighted by atomic mass is 10.1. The van der Waals surface area contributed by atoms with E-state index in [1.54, 1.807) is 12.3 Å². The number of aryl methyl sites for hydroxylation is 1. The monoisotopic (exact) mass is 169 g/mol. The molecule has 0 amide bonds. The summed E-state index contributed by atoms with van der Waals surface area (Å²) >= 11 is 0. The van der Waals surface area contributed by atoms with Crippen LogP contribution in [0.25, 0.3) is 6.08 Å². The van der Waals surface area contributed by atoms with Crippen LogP contribution in [0, 0.1) is 29.6 Å². The van der Waals surface area contributed by atoms with Crippen molar-refractivity contribution < 1.29 is 0 Å². The number of hydrogen-bond donors (Lipinski definition) is 0. The summed E-state index contributed by atoms with van der Waals surface area (Å²) in [6.45, 7) is 1.81. The van der Waals surface area contributed by atoms with Gasteiger partial charge in [-0.05, 0) is 30.2 Å². The van der Waals surface area contributed by atoms with E-state index in [0.717, 1.165) is 11.1 Å². The zero-order chi connectivity index (χ0) is 9.68. The van der Waals surface area contributed by atoms with Crippen molar-refractivity contribution in [3.63, 3.8) is 0 Å². The second-order valence-electron chi connectivity index (χ2n) is 2.51. The van der Waals surface area contributed by atoms with Crippen molar-refractivity contribution in [2.75, 3.05) is 0 Å². The molecule has 1 rings (SSSR count). The van der Waals surface area contributed by atoms with E-state index in [0.29, 0.717) is 5.69 Å². The minimum Gasteiger partial charge on any atom is -0.245 e. The van der Waals surface area contributed by atoms with E-state index in [4.69, 9.17) is 10.5 Å². The molecule has 0 fully saturated rings. The van der Waals surface area contributed by atoms with E-state index in [1.165, 1.54) is 6.08 Å². The van der Waals surface area contributed by atoms with Gasteiger partial charge in [-0.15, -0.1) is 0 Å². The van der Waals surface area contributed by atoms with Crippen molar-refractivity contribution in [2.24, 2.45) is 0 Å². The summed E-state index contributed by atoms with van der Waals surface area (Å²) in [4.78, 5) is 3.93. The predicted molar refractivity (Wildman–Crippen MR) is 48.3 cm³/mol. The SMILES string of the molecule is Cc1cc(C=CC#N)cnc1C#N. The van der Waals surface area contributed by atoms with Gasteiger partial charge in [-0.2, -0.15) is 10.5 Å². The van der Waals surface area contributed by atoms with Crippen LogP contribution in [0.2, 0.25) is 0 Å². The van der Waals surface area contributed by atoms with Gasteiger partial charge in [0.1, 0.15) is 11.8 Å². The van der Waals surface area contributed by atoms with Gasteiger partial charge in [-0.25, -0.2) is 4.98 Å². The van der Waals surface area contributed by atoms with Gasteiger partial charge in [0.25, 0.3) is 0 Å². The van der Waals surface area contributed by atoms with E-state index in [-0.39, 0.29) is 0 Å². The number of allylic oxidation sites excluding steroid dienone is 1. The molecule has 3 heteroatoms. The highest BCUT2D eigenvalue weighted by Crippen LogP contribution is 2.07. The molecule has 1 heterocycles. The fraction of sp³-hybridized carbons (Fsp3) is 0.100. The number of nitrogens with zero attached hydrogens (tertiary/aromatic N) is 3. The number of nitriles is 2. The molecule has 0 bridgehead atoms. The summed E-state index contributed by atoms with van der Waals surface area (Å²) in [5.74, 6) is 0. The third-order valence-corrected chi connectivity index (χ3v) is 1.56. The first-order chi connectivity index (χ1) is 6.27. The topological polar surface area (TPSA) is 60.5 Å². The van der Waals surface area contributed by atoms with Crippen LogP contribution < -0.4 is 0 Å². The first-order valence-electron chi connectivity index (χ1n) is 3.71. The average Bonchev–Trinajstić information content (AvgIpc) is 2.15. The maximum absolute atomic E-state index is 8.60. The second kappa shape index (κ2) is 4.04. The van der Waals surface area contributed by atoms with E-state index >= 15 is 0 Å². The van der Waals surface area contributed by atoms with Crippen LogP contribution in [-0.2, 0) is 0 Å². The van der Waals surface area contributed by atoms with Gasteiger partial charge < -0.3 is 0 Å². The largest absolute Gasteiger partial charge is 0.245 e. The van der Waals surface area contributed by atoms with Crippen molar-refractivity contribution in [1.29, 1.82) is 10.5 Å². The molecule has 0 saturated carbocycles. The normalized spacial score (nSPS) is 9.46. The van der Waals surface area contributed by atoms with Crippen LogP contribution in [-0.4, -0.2) is 4.98 Å². The summed E-state index contributed by atoms with van der Waals surface area (Å²) in [5, 5.41) is 16.9. The molecule has 0 unspecified atom stereocenters. The maximum Gasteiger partial charge on any atom is 0.143 e. The summed E-state index contributed by atoms with van der Waals surface area (Å²) in [6.07, 6.45) is 4.60. The smallest absolute Gasteiger partial charge is 0.143 e. The van der Waals surface area contributed by atoms with Gasteiger partial charge in [0.2, 0.25) is 0 Å². The Morgan fingerprint density at radius 3 is 2.77 bits per heavy atom. The zero-order valence-corrected chi connectivity index (χ0v) is 7.15. The number of hydrogen-bond acceptors (Lipinski definition) is 3. The molecule has 3 nitrogen and oxygen atoms in total. The lowest BCUT2D eigenvalue weighted by Crippen LogP contribution is -1.88. The van der Waals surface area contributed by atoms with Gasteiger partial charge in [-0.3, -0.25) is 0 Å². The van der Waals surface area contributed by atoms with Gasteiger partial charge in [0, 0.05) is 12.3 Å². The van der Waals surface area contributed by atoms with Gasteiger partial charge >= 0.3 is 0 Å². The van der Waals surface area contributed by atoms with Crippen molar-refractivity contribution in [3.05, 3.63) is 35.2 Å². The standard InChI is InChI=1S/C10H7N3/c1-8-5-9(3-2-4-11)7-13-10(8)6-12/h2-3,5,7H,1H3. The third-order valence-electron chi connectivity index (χ3n) is 1.56. The summed E-state index contributed by atoms with van der Waals surface area (Å²) in [7, 11) is 0. The fourth-order valence-electron chi connectivity index (χ4n) is 0.938. The highest BCUT2D eigenvalue weighted by Gasteiger charge is 1.97. The Kier molecular flexibility index (Phi) is 2.78. The van der Waals surface area contributed by atoms with Crippen LogP contribution in [0.4, 0.5) is 0 Å². The number of pyridine rings is 1. The molecule has 0 N–H and O–H groups in total. The van der Waals surface area contributed by atoms with Crippen LogP contribution in [0.15, 0.2) is 18.3 Å². The summed E-state index contributed by atoms with van der Waals surface area (Å²) < 4.78 is 0. The van der Waals surface area contributed by atoms with Crippen molar-refractivity contribution in [1.82, 2.24) is 4.98 Å². The number of rotatable bonds is 1. The Labute approximate surface area is 76.6 Å².